The van der Waals surface area contributed by atoms with Crippen molar-refractivity contribution in [2.24, 2.45) is 5.92 Å². The second-order valence-corrected chi connectivity index (χ2v) is 6.94. The Morgan fingerprint density at radius 3 is 2.67 bits per heavy atom. The highest BCUT2D eigenvalue weighted by atomic mass is 16.6. The first kappa shape index (κ1) is 17.2. The van der Waals surface area contributed by atoms with E-state index in [-0.39, 0.29) is 23.1 Å². The first-order valence-electron chi connectivity index (χ1n) is 9.03. The molecule has 4 rings (SSSR count). The number of benzene rings is 2. The molecular formula is C20H19N3O4. The molecule has 2 aromatic carbocycles. The zero-order chi connectivity index (χ0) is 19.0. The molecular weight excluding hydrogens is 346 g/mol. The van der Waals surface area contributed by atoms with E-state index in [0.29, 0.717) is 12.2 Å². The highest BCUT2D eigenvalue weighted by Crippen LogP contribution is 2.37. The molecule has 0 saturated heterocycles. The van der Waals surface area contributed by atoms with E-state index >= 15 is 0 Å². The Bertz CT molecular complexity index is 937. The van der Waals surface area contributed by atoms with Crippen LogP contribution in [0, 0.1) is 16.0 Å². The lowest BCUT2D eigenvalue weighted by Gasteiger charge is -2.30. The number of carbonyl (C=O) groups excluding carboxylic acids is 2. The van der Waals surface area contributed by atoms with Crippen LogP contribution in [-0.2, 0) is 11.2 Å². The fourth-order valence-corrected chi connectivity index (χ4v) is 3.46. The van der Waals surface area contributed by atoms with Gasteiger partial charge in [0.25, 0.3) is 11.6 Å². The molecule has 0 atom stereocenters. The lowest BCUT2D eigenvalue weighted by atomic mass is 10.0. The molecule has 1 saturated carbocycles. The van der Waals surface area contributed by atoms with Crippen LogP contribution in [0.25, 0.3) is 0 Å². The lowest BCUT2D eigenvalue weighted by molar-refractivity contribution is -0.385. The van der Waals surface area contributed by atoms with Crippen molar-refractivity contribution in [3.8, 4) is 0 Å². The number of nitrogens with zero attached hydrogens (tertiary/aromatic N) is 2. The van der Waals surface area contributed by atoms with Crippen molar-refractivity contribution >= 4 is 28.9 Å². The highest BCUT2D eigenvalue weighted by molar-refractivity contribution is 6.07. The number of hydrogen-bond donors (Lipinski definition) is 1. The van der Waals surface area contributed by atoms with E-state index in [1.165, 1.54) is 18.2 Å². The smallest absolute Gasteiger partial charge is 0.282 e. The maximum Gasteiger partial charge on any atom is 0.282 e. The number of nitro benzene ring substituents is 1. The average molecular weight is 365 g/mol. The van der Waals surface area contributed by atoms with Gasteiger partial charge in [0.2, 0.25) is 5.91 Å². The lowest BCUT2D eigenvalue weighted by Crippen LogP contribution is -2.36. The molecule has 0 unspecified atom stereocenters. The molecule has 1 aliphatic carbocycles. The van der Waals surface area contributed by atoms with E-state index in [2.05, 4.69) is 5.32 Å². The molecule has 7 nitrogen and oxygen atoms in total. The zero-order valence-electron chi connectivity index (χ0n) is 14.7. The summed E-state index contributed by atoms with van der Waals surface area (Å²) in [6, 6.07) is 11.3. The molecule has 0 bridgehead atoms. The average Bonchev–Trinajstić information content (AvgIpc) is 3.52. The predicted octanol–water partition coefficient (Wildman–Crippen LogP) is 3.54. The quantitative estimate of drug-likeness (QED) is 0.662. The summed E-state index contributed by atoms with van der Waals surface area (Å²) >= 11 is 0. The number of para-hydroxylation sites is 1. The van der Waals surface area contributed by atoms with Crippen LogP contribution in [0.5, 0.6) is 0 Å². The summed E-state index contributed by atoms with van der Waals surface area (Å²) in [6.07, 6.45) is 3.70. The van der Waals surface area contributed by atoms with Gasteiger partial charge in [0.05, 0.1) is 4.92 Å². The number of fused-ring (bicyclic) bond motifs is 1. The Hall–Kier alpha value is -3.22. The first-order valence-corrected chi connectivity index (χ1v) is 9.03. The van der Waals surface area contributed by atoms with Crippen LogP contribution in [0.15, 0.2) is 42.5 Å². The number of nitro groups is 1. The van der Waals surface area contributed by atoms with Crippen LogP contribution in [0.1, 0.15) is 35.2 Å². The van der Waals surface area contributed by atoms with Gasteiger partial charge in [-0.2, -0.15) is 0 Å². The number of anilines is 2. The van der Waals surface area contributed by atoms with Crippen LogP contribution in [0.2, 0.25) is 0 Å². The molecule has 27 heavy (non-hydrogen) atoms. The summed E-state index contributed by atoms with van der Waals surface area (Å²) in [4.78, 5) is 37.5. The third-order valence-electron chi connectivity index (χ3n) is 5.00. The summed E-state index contributed by atoms with van der Waals surface area (Å²) < 4.78 is 0. The summed E-state index contributed by atoms with van der Waals surface area (Å²) in [5.41, 5.74) is 2.20. The number of amides is 2. The summed E-state index contributed by atoms with van der Waals surface area (Å²) in [5.74, 6) is -0.266. The number of carbonyl (C=O) groups is 2. The monoisotopic (exact) mass is 365 g/mol. The van der Waals surface area contributed by atoms with Gasteiger partial charge in [-0.05, 0) is 49.4 Å². The van der Waals surface area contributed by atoms with E-state index in [4.69, 9.17) is 0 Å². The fourth-order valence-electron chi connectivity index (χ4n) is 3.46. The van der Waals surface area contributed by atoms with Crippen molar-refractivity contribution in [1.82, 2.24) is 0 Å². The summed E-state index contributed by atoms with van der Waals surface area (Å²) in [7, 11) is 0. The van der Waals surface area contributed by atoms with Gasteiger partial charge in [-0.25, -0.2) is 0 Å². The Kier molecular flexibility index (Phi) is 4.35. The molecule has 0 radical (unpaired) electrons. The van der Waals surface area contributed by atoms with Gasteiger partial charge in [0, 0.05) is 29.9 Å². The molecule has 1 fully saturated rings. The Balaban J connectivity index is 1.60. The van der Waals surface area contributed by atoms with Crippen molar-refractivity contribution < 1.29 is 14.5 Å². The van der Waals surface area contributed by atoms with E-state index < -0.39 is 10.8 Å². The minimum atomic E-state index is -0.572. The Morgan fingerprint density at radius 1 is 1.15 bits per heavy atom. The molecule has 2 aromatic rings. The maximum absolute atomic E-state index is 12.6. The van der Waals surface area contributed by atoms with Gasteiger partial charge in [-0.1, -0.05) is 18.2 Å². The number of hydrogen-bond acceptors (Lipinski definition) is 4. The van der Waals surface area contributed by atoms with Crippen molar-refractivity contribution in [3.63, 3.8) is 0 Å². The van der Waals surface area contributed by atoms with Gasteiger partial charge in [-0.3, -0.25) is 19.7 Å². The minimum absolute atomic E-state index is 0.00568. The van der Waals surface area contributed by atoms with Gasteiger partial charge in [-0.15, -0.1) is 0 Å². The van der Waals surface area contributed by atoms with E-state index in [0.717, 1.165) is 36.9 Å². The van der Waals surface area contributed by atoms with Crippen LogP contribution in [0.3, 0.4) is 0 Å². The van der Waals surface area contributed by atoms with Crippen molar-refractivity contribution in [2.75, 3.05) is 16.8 Å². The molecule has 2 amide bonds. The van der Waals surface area contributed by atoms with E-state index in [1.807, 2.05) is 11.0 Å². The third kappa shape index (κ3) is 3.40. The Morgan fingerprint density at radius 2 is 1.93 bits per heavy atom. The normalized spacial score (nSPS) is 15.8. The standard InChI is InChI=1S/C20H19N3O4/c24-19(16-5-1-2-6-17(16)23(26)27)21-15-10-9-13-4-3-11-22(18(13)12-15)20(25)14-7-8-14/h1-2,5-6,9-10,12,14H,3-4,7-8,11H2,(H,21,24). The van der Waals surface area contributed by atoms with Crippen molar-refractivity contribution in [1.29, 1.82) is 0 Å². The van der Waals surface area contributed by atoms with E-state index in [1.54, 1.807) is 18.2 Å². The second kappa shape index (κ2) is 6.83. The first-order chi connectivity index (χ1) is 13.0. The fraction of sp³-hybridized carbons (Fsp3) is 0.300. The van der Waals surface area contributed by atoms with Gasteiger partial charge in [0.15, 0.2) is 0 Å². The van der Waals surface area contributed by atoms with Crippen LogP contribution in [-0.4, -0.2) is 23.3 Å². The SMILES string of the molecule is O=C(Nc1ccc2c(c1)N(C(=O)C1CC1)CCC2)c1ccccc1[N+](=O)[O-]. The second-order valence-electron chi connectivity index (χ2n) is 6.94. The molecule has 1 aliphatic heterocycles. The number of rotatable bonds is 4. The molecule has 1 N–H and O–H groups in total. The Labute approximate surface area is 156 Å². The maximum atomic E-state index is 12.6. The van der Waals surface area contributed by atoms with Crippen LogP contribution < -0.4 is 10.2 Å². The van der Waals surface area contributed by atoms with Crippen LogP contribution >= 0.6 is 0 Å². The molecule has 138 valence electrons. The van der Waals surface area contributed by atoms with Crippen molar-refractivity contribution in [3.05, 3.63) is 63.7 Å². The topological polar surface area (TPSA) is 92.6 Å². The highest BCUT2D eigenvalue weighted by Gasteiger charge is 2.35. The molecule has 0 aromatic heterocycles. The zero-order valence-corrected chi connectivity index (χ0v) is 14.7. The summed E-state index contributed by atoms with van der Waals surface area (Å²) in [6.45, 7) is 0.684. The van der Waals surface area contributed by atoms with Crippen molar-refractivity contribution in [2.45, 2.75) is 25.7 Å². The molecule has 2 aliphatic rings. The number of aryl methyl sites for hydroxylation is 1. The molecule has 1 heterocycles. The minimum Gasteiger partial charge on any atom is -0.322 e. The third-order valence-corrected chi connectivity index (χ3v) is 5.00. The van der Waals surface area contributed by atoms with Gasteiger partial charge in [0.1, 0.15) is 5.56 Å². The number of nitrogens with one attached hydrogen (secondary N) is 1. The largest absolute Gasteiger partial charge is 0.322 e. The molecule has 7 heteroatoms. The van der Waals surface area contributed by atoms with Crippen LogP contribution in [0.4, 0.5) is 17.1 Å². The summed E-state index contributed by atoms with van der Waals surface area (Å²) in [5, 5.41) is 13.9. The predicted molar refractivity (Wildman–Crippen MR) is 101 cm³/mol. The molecule has 0 spiro atoms. The van der Waals surface area contributed by atoms with Gasteiger partial charge < -0.3 is 10.2 Å². The van der Waals surface area contributed by atoms with E-state index in [9.17, 15) is 19.7 Å². The van der Waals surface area contributed by atoms with Gasteiger partial charge >= 0.3 is 0 Å².